The molecule has 0 saturated carbocycles. The molecule has 0 radical (unpaired) electrons. The van der Waals surface area contributed by atoms with E-state index in [0.29, 0.717) is 50.4 Å². The highest BCUT2D eigenvalue weighted by molar-refractivity contribution is 5.97. The van der Waals surface area contributed by atoms with E-state index in [0.717, 1.165) is 0 Å². The van der Waals surface area contributed by atoms with Crippen LogP contribution in [0.4, 0.5) is 4.79 Å². The molecule has 1 aliphatic rings. The summed E-state index contributed by atoms with van der Waals surface area (Å²) in [5.74, 6) is -0.0105. The van der Waals surface area contributed by atoms with E-state index < -0.39 is 6.04 Å². The maximum atomic E-state index is 12.9. The van der Waals surface area contributed by atoms with Crippen molar-refractivity contribution >= 4 is 17.8 Å². The van der Waals surface area contributed by atoms with Gasteiger partial charge < -0.3 is 30.3 Å². The number of urea groups is 1. The zero-order chi connectivity index (χ0) is 23.7. The van der Waals surface area contributed by atoms with E-state index in [1.165, 1.54) is 0 Å². The minimum atomic E-state index is -0.700. The number of nitrogens with zero attached hydrogens (tertiary/aromatic N) is 1. The lowest BCUT2D eigenvalue weighted by atomic mass is 9.88. The predicted octanol–water partition coefficient (Wildman–Crippen LogP) is 1.78. The van der Waals surface area contributed by atoms with Crippen LogP contribution in [-0.2, 0) is 9.53 Å². The van der Waals surface area contributed by atoms with Crippen LogP contribution in [0.2, 0.25) is 0 Å². The van der Waals surface area contributed by atoms with Gasteiger partial charge in [0.15, 0.2) is 0 Å². The third-order valence-electron chi connectivity index (χ3n) is 5.31. The van der Waals surface area contributed by atoms with E-state index in [1.54, 1.807) is 43.4 Å². The molecule has 178 valence electrons. The maximum absolute atomic E-state index is 12.9. The van der Waals surface area contributed by atoms with Crippen molar-refractivity contribution < 1.29 is 23.9 Å². The number of piperidine rings is 1. The zero-order valence-corrected chi connectivity index (χ0v) is 19.7. The molecule has 9 heteroatoms. The highest BCUT2D eigenvalue weighted by Gasteiger charge is 2.34. The summed E-state index contributed by atoms with van der Waals surface area (Å²) in [6, 6.07) is 5.92. The Kier molecular flexibility index (Phi) is 9.31. The van der Waals surface area contributed by atoms with Gasteiger partial charge in [0.25, 0.3) is 5.91 Å². The molecule has 0 unspecified atom stereocenters. The number of methoxy groups -OCH3 is 2. The molecule has 1 atom stereocenters. The van der Waals surface area contributed by atoms with Gasteiger partial charge in [-0.25, -0.2) is 4.79 Å². The molecule has 1 saturated heterocycles. The number of carbonyl (C=O) groups is 3. The fourth-order valence-corrected chi connectivity index (χ4v) is 3.59. The highest BCUT2D eigenvalue weighted by Crippen LogP contribution is 2.22. The van der Waals surface area contributed by atoms with Gasteiger partial charge in [-0.05, 0) is 63.8 Å². The second-order valence-electron chi connectivity index (χ2n) is 8.97. The topological polar surface area (TPSA) is 109 Å². The van der Waals surface area contributed by atoms with Gasteiger partial charge in [0, 0.05) is 37.8 Å². The van der Waals surface area contributed by atoms with E-state index in [-0.39, 0.29) is 29.3 Å². The molecule has 1 fully saturated rings. The molecular formula is C23H36N4O5. The number of amides is 4. The smallest absolute Gasteiger partial charge is 0.317 e. The Hall–Kier alpha value is -2.81. The van der Waals surface area contributed by atoms with Crippen molar-refractivity contribution in [2.45, 2.75) is 45.2 Å². The summed E-state index contributed by atoms with van der Waals surface area (Å²) in [5.41, 5.74) is 0.131. The van der Waals surface area contributed by atoms with Crippen LogP contribution >= 0.6 is 0 Å². The quantitative estimate of drug-likeness (QED) is 0.525. The first-order valence-corrected chi connectivity index (χ1v) is 10.9. The Morgan fingerprint density at radius 3 is 2.25 bits per heavy atom. The van der Waals surface area contributed by atoms with Crippen molar-refractivity contribution in [1.82, 2.24) is 20.9 Å². The van der Waals surface area contributed by atoms with Gasteiger partial charge >= 0.3 is 6.03 Å². The van der Waals surface area contributed by atoms with Crippen LogP contribution in [-0.4, -0.2) is 74.8 Å². The summed E-state index contributed by atoms with van der Waals surface area (Å²) in [7, 11) is 3.12. The fourth-order valence-electron chi connectivity index (χ4n) is 3.59. The van der Waals surface area contributed by atoms with Crippen molar-refractivity contribution in [2.24, 2.45) is 5.92 Å². The highest BCUT2D eigenvalue weighted by atomic mass is 16.5. The van der Waals surface area contributed by atoms with Gasteiger partial charge in [0.1, 0.15) is 11.8 Å². The monoisotopic (exact) mass is 448 g/mol. The molecule has 4 amide bonds. The SMILES string of the molecule is COCCNC(=O)[C@@H](NC(=O)c1ccc(OC)cc1)C1CCN(C(=O)NC(C)(C)C)CC1. The molecule has 0 aliphatic carbocycles. The summed E-state index contributed by atoms with van der Waals surface area (Å²) in [6.45, 7) is 7.60. The lowest BCUT2D eigenvalue weighted by Crippen LogP contribution is -2.56. The Morgan fingerprint density at radius 2 is 1.72 bits per heavy atom. The Bertz CT molecular complexity index is 768. The summed E-state index contributed by atoms with van der Waals surface area (Å²) in [6.07, 6.45) is 1.23. The van der Waals surface area contributed by atoms with E-state index >= 15 is 0 Å². The minimum Gasteiger partial charge on any atom is -0.497 e. The van der Waals surface area contributed by atoms with E-state index in [1.807, 2.05) is 20.8 Å². The van der Waals surface area contributed by atoms with Crippen molar-refractivity contribution in [3.63, 3.8) is 0 Å². The van der Waals surface area contributed by atoms with Gasteiger partial charge in [-0.1, -0.05) is 0 Å². The fraction of sp³-hybridized carbons (Fsp3) is 0.609. The second-order valence-corrected chi connectivity index (χ2v) is 8.97. The lowest BCUT2D eigenvalue weighted by molar-refractivity contribution is -0.124. The van der Waals surface area contributed by atoms with Crippen LogP contribution in [0.3, 0.4) is 0 Å². The number of hydrogen-bond donors (Lipinski definition) is 3. The normalized spacial score (nSPS) is 15.6. The standard InChI is InChI=1S/C23H36N4O5/c1-23(2,3)26-22(30)27-13-10-16(11-14-27)19(21(29)24-12-15-31-4)25-20(28)17-6-8-18(32-5)9-7-17/h6-9,16,19H,10-15H2,1-5H3,(H,24,29)(H,25,28)(H,26,30)/t19-/m0/s1. The molecule has 0 bridgehead atoms. The zero-order valence-electron chi connectivity index (χ0n) is 19.7. The van der Waals surface area contributed by atoms with Crippen LogP contribution in [0.1, 0.15) is 44.0 Å². The van der Waals surface area contributed by atoms with E-state index in [2.05, 4.69) is 16.0 Å². The third kappa shape index (κ3) is 7.71. The number of hydrogen-bond acceptors (Lipinski definition) is 5. The summed E-state index contributed by atoms with van der Waals surface area (Å²) >= 11 is 0. The van der Waals surface area contributed by atoms with Crippen molar-refractivity contribution in [3.05, 3.63) is 29.8 Å². The molecule has 1 aromatic carbocycles. The molecule has 2 rings (SSSR count). The van der Waals surface area contributed by atoms with Gasteiger partial charge in [-0.3, -0.25) is 9.59 Å². The molecule has 0 spiro atoms. The first kappa shape index (κ1) is 25.5. The first-order valence-electron chi connectivity index (χ1n) is 10.9. The largest absolute Gasteiger partial charge is 0.497 e. The molecular weight excluding hydrogens is 412 g/mol. The molecule has 32 heavy (non-hydrogen) atoms. The van der Waals surface area contributed by atoms with Crippen LogP contribution < -0.4 is 20.7 Å². The van der Waals surface area contributed by atoms with Gasteiger partial charge in [0.05, 0.1) is 13.7 Å². The van der Waals surface area contributed by atoms with Gasteiger partial charge in [-0.15, -0.1) is 0 Å². The average molecular weight is 449 g/mol. The molecule has 1 aromatic rings. The number of rotatable bonds is 8. The van der Waals surface area contributed by atoms with Gasteiger partial charge in [0.2, 0.25) is 5.91 Å². The average Bonchev–Trinajstić information content (AvgIpc) is 2.76. The molecule has 1 heterocycles. The predicted molar refractivity (Wildman–Crippen MR) is 122 cm³/mol. The van der Waals surface area contributed by atoms with E-state index in [4.69, 9.17) is 9.47 Å². The Morgan fingerprint density at radius 1 is 1.09 bits per heavy atom. The van der Waals surface area contributed by atoms with Crippen molar-refractivity contribution in [1.29, 1.82) is 0 Å². The van der Waals surface area contributed by atoms with Crippen LogP contribution in [0.15, 0.2) is 24.3 Å². The minimum absolute atomic E-state index is 0.0848. The van der Waals surface area contributed by atoms with Crippen LogP contribution in [0, 0.1) is 5.92 Å². The summed E-state index contributed by atoms with van der Waals surface area (Å²) in [5, 5.41) is 8.69. The summed E-state index contributed by atoms with van der Waals surface area (Å²) < 4.78 is 10.1. The Balaban J connectivity index is 2.05. The van der Waals surface area contributed by atoms with Crippen molar-refractivity contribution in [3.8, 4) is 5.75 Å². The lowest BCUT2D eigenvalue weighted by Gasteiger charge is -2.37. The molecule has 3 N–H and O–H groups in total. The number of nitrogens with one attached hydrogen (secondary N) is 3. The van der Waals surface area contributed by atoms with Crippen molar-refractivity contribution in [2.75, 3.05) is 40.5 Å². The number of ether oxygens (including phenoxy) is 2. The Labute approximate surface area is 190 Å². The first-order chi connectivity index (χ1) is 15.1. The van der Waals surface area contributed by atoms with Crippen LogP contribution in [0.5, 0.6) is 5.75 Å². The number of likely N-dealkylation sites (tertiary alicyclic amines) is 1. The maximum Gasteiger partial charge on any atom is 0.317 e. The van der Waals surface area contributed by atoms with Gasteiger partial charge in [-0.2, -0.15) is 0 Å². The van der Waals surface area contributed by atoms with Crippen LogP contribution in [0.25, 0.3) is 0 Å². The molecule has 1 aliphatic heterocycles. The molecule has 9 nitrogen and oxygen atoms in total. The van der Waals surface area contributed by atoms with E-state index in [9.17, 15) is 14.4 Å². The second kappa shape index (κ2) is 11.7. The third-order valence-corrected chi connectivity index (χ3v) is 5.31. The molecule has 0 aromatic heterocycles. The summed E-state index contributed by atoms with van der Waals surface area (Å²) in [4.78, 5) is 39.9. The number of benzene rings is 1. The number of carbonyl (C=O) groups excluding carboxylic acids is 3.